The van der Waals surface area contributed by atoms with Crippen molar-refractivity contribution in [1.29, 1.82) is 0 Å². The van der Waals surface area contributed by atoms with Crippen molar-refractivity contribution in [3.63, 3.8) is 0 Å². The normalized spacial score (nSPS) is 11.2. The molecule has 0 atom stereocenters. The first kappa shape index (κ1) is 18.1. The molecule has 2 rings (SSSR count). The molecule has 0 spiro atoms. The molecule has 0 aliphatic heterocycles. The fraction of sp³-hybridized carbons (Fsp3) is 0.381. The first-order chi connectivity index (χ1) is 11.4. The van der Waals surface area contributed by atoms with Crippen LogP contribution in [-0.4, -0.2) is 19.6 Å². The Balaban J connectivity index is 1.80. The monoisotopic (exact) mass is 325 g/mol. The van der Waals surface area contributed by atoms with E-state index in [9.17, 15) is 4.79 Å². The van der Waals surface area contributed by atoms with Crippen molar-refractivity contribution in [2.75, 3.05) is 13.7 Å². The fourth-order valence-corrected chi connectivity index (χ4v) is 2.55. The Morgan fingerprint density at radius 3 is 2.38 bits per heavy atom. The van der Waals surface area contributed by atoms with Gasteiger partial charge in [0.2, 0.25) is 5.91 Å². The van der Waals surface area contributed by atoms with Crippen molar-refractivity contribution in [3.05, 3.63) is 65.2 Å². The Morgan fingerprint density at radius 1 is 1.04 bits per heavy atom. The molecule has 0 heterocycles. The number of carbonyl (C=O) groups is 1. The third kappa shape index (κ3) is 5.41. The van der Waals surface area contributed by atoms with Crippen LogP contribution in [0.3, 0.4) is 0 Å². The Morgan fingerprint density at radius 2 is 1.75 bits per heavy atom. The number of nitrogens with one attached hydrogen (secondary N) is 1. The molecule has 2 aromatic carbocycles. The number of ether oxygens (including phenoxy) is 1. The van der Waals surface area contributed by atoms with Crippen LogP contribution in [0.15, 0.2) is 48.5 Å². The van der Waals surface area contributed by atoms with E-state index >= 15 is 0 Å². The van der Waals surface area contributed by atoms with Crippen LogP contribution in [-0.2, 0) is 23.1 Å². The fourth-order valence-electron chi connectivity index (χ4n) is 2.55. The van der Waals surface area contributed by atoms with Crippen LogP contribution in [0.5, 0.6) is 5.75 Å². The minimum atomic E-state index is 0.0366. The average Bonchev–Trinajstić information content (AvgIpc) is 2.54. The van der Waals surface area contributed by atoms with E-state index in [4.69, 9.17) is 4.74 Å². The van der Waals surface area contributed by atoms with Gasteiger partial charge in [-0.15, -0.1) is 0 Å². The van der Waals surface area contributed by atoms with E-state index in [0.29, 0.717) is 13.0 Å². The van der Waals surface area contributed by atoms with Gasteiger partial charge in [-0.3, -0.25) is 4.79 Å². The highest BCUT2D eigenvalue weighted by atomic mass is 16.5. The van der Waals surface area contributed by atoms with Crippen molar-refractivity contribution in [2.24, 2.45) is 0 Å². The predicted molar refractivity (Wildman–Crippen MR) is 98.6 cm³/mol. The average molecular weight is 325 g/mol. The molecule has 0 saturated heterocycles. The first-order valence-corrected chi connectivity index (χ1v) is 8.37. The lowest BCUT2D eigenvalue weighted by Gasteiger charge is -2.19. The summed E-state index contributed by atoms with van der Waals surface area (Å²) in [6.07, 6.45) is 1.22. The van der Waals surface area contributed by atoms with E-state index in [1.165, 1.54) is 11.1 Å². The van der Waals surface area contributed by atoms with Gasteiger partial charge in [0, 0.05) is 6.54 Å². The Kier molecular flexibility index (Phi) is 6.02. The predicted octanol–water partition coefficient (Wildman–Crippen LogP) is 3.89. The highest BCUT2D eigenvalue weighted by Gasteiger charge is 2.12. The molecule has 0 unspecified atom stereocenters. The van der Waals surface area contributed by atoms with Crippen molar-refractivity contribution < 1.29 is 9.53 Å². The largest absolute Gasteiger partial charge is 0.497 e. The second-order valence-electron chi connectivity index (χ2n) is 7.08. The highest BCUT2D eigenvalue weighted by Crippen LogP contribution is 2.22. The lowest BCUT2D eigenvalue weighted by Crippen LogP contribution is -2.27. The lowest BCUT2D eigenvalue weighted by atomic mass is 9.86. The number of amides is 1. The van der Waals surface area contributed by atoms with Crippen LogP contribution in [0, 0.1) is 0 Å². The third-order valence-electron chi connectivity index (χ3n) is 4.05. The van der Waals surface area contributed by atoms with Gasteiger partial charge in [-0.05, 0) is 40.7 Å². The standard InChI is InChI=1S/C21H27NO2/c1-21(2,3)18-10-8-16(9-11-18)12-13-22-20(23)15-17-6-5-7-19(14-17)24-4/h5-11,14H,12-13,15H2,1-4H3,(H,22,23). The van der Waals surface area contributed by atoms with Gasteiger partial charge in [0.15, 0.2) is 0 Å². The Bertz CT molecular complexity index is 669. The van der Waals surface area contributed by atoms with Gasteiger partial charge in [0.25, 0.3) is 0 Å². The van der Waals surface area contributed by atoms with Crippen molar-refractivity contribution in [1.82, 2.24) is 5.32 Å². The SMILES string of the molecule is COc1cccc(CC(=O)NCCc2ccc(C(C)(C)C)cc2)c1. The molecule has 0 saturated carbocycles. The van der Waals surface area contributed by atoms with E-state index in [0.717, 1.165) is 17.7 Å². The number of rotatable bonds is 6. The zero-order valence-electron chi connectivity index (χ0n) is 15.1. The maximum Gasteiger partial charge on any atom is 0.224 e. The summed E-state index contributed by atoms with van der Waals surface area (Å²) in [4.78, 5) is 12.0. The molecule has 0 bridgehead atoms. The number of benzene rings is 2. The van der Waals surface area contributed by atoms with Crippen LogP contribution < -0.4 is 10.1 Å². The maximum absolute atomic E-state index is 12.0. The van der Waals surface area contributed by atoms with E-state index in [1.807, 2.05) is 24.3 Å². The zero-order chi connectivity index (χ0) is 17.6. The minimum absolute atomic E-state index is 0.0366. The van der Waals surface area contributed by atoms with E-state index < -0.39 is 0 Å². The van der Waals surface area contributed by atoms with Gasteiger partial charge >= 0.3 is 0 Å². The summed E-state index contributed by atoms with van der Waals surface area (Å²) >= 11 is 0. The van der Waals surface area contributed by atoms with Crippen LogP contribution >= 0.6 is 0 Å². The number of carbonyl (C=O) groups excluding carboxylic acids is 1. The number of hydrogen-bond donors (Lipinski definition) is 1. The molecular formula is C21H27NO2. The van der Waals surface area contributed by atoms with Crippen molar-refractivity contribution in [2.45, 2.75) is 39.0 Å². The summed E-state index contributed by atoms with van der Waals surface area (Å²) in [7, 11) is 1.63. The second kappa shape index (κ2) is 8.00. The Hall–Kier alpha value is -2.29. The Labute approximate surface area is 145 Å². The van der Waals surface area contributed by atoms with Gasteiger partial charge < -0.3 is 10.1 Å². The smallest absolute Gasteiger partial charge is 0.224 e. The molecule has 0 aliphatic rings. The van der Waals surface area contributed by atoms with Crippen molar-refractivity contribution in [3.8, 4) is 5.75 Å². The zero-order valence-corrected chi connectivity index (χ0v) is 15.1. The van der Waals surface area contributed by atoms with E-state index in [-0.39, 0.29) is 11.3 Å². The first-order valence-electron chi connectivity index (χ1n) is 8.37. The third-order valence-corrected chi connectivity index (χ3v) is 4.05. The van der Waals surface area contributed by atoms with Gasteiger partial charge in [-0.2, -0.15) is 0 Å². The van der Waals surface area contributed by atoms with Gasteiger partial charge in [0.05, 0.1) is 13.5 Å². The van der Waals surface area contributed by atoms with E-state index in [2.05, 4.69) is 50.4 Å². The molecule has 1 N–H and O–H groups in total. The second-order valence-corrected chi connectivity index (χ2v) is 7.08. The van der Waals surface area contributed by atoms with Gasteiger partial charge in [0.1, 0.15) is 5.75 Å². The summed E-state index contributed by atoms with van der Waals surface area (Å²) in [6.45, 7) is 7.28. The molecule has 3 heteroatoms. The molecule has 2 aromatic rings. The molecule has 0 aliphatic carbocycles. The van der Waals surface area contributed by atoms with E-state index in [1.54, 1.807) is 7.11 Å². The molecule has 0 aromatic heterocycles. The minimum Gasteiger partial charge on any atom is -0.497 e. The summed E-state index contributed by atoms with van der Waals surface area (Å²) in [5.74, 6) is 0.814. The van der Waals surface area contributed by atoms with Crippen molar-refractivity contribution >= 4 is 5.91 Å². The maximum atomic E-state index is 12.0. The summed E-state index contributed by atoms with van der Waals surface area (Å²) in [5.41, 5.74) is 3.70. The molecule has 0 fully saturated rings. The highest BCUT2D eigenvalue weighted by molar-refractivity contribution is 5.78. The topological polar surface area (TPSA) is 38.3 Å². The lowest BCUT2D eigenvalue weighted by molar-refractivity contribution is -0.120. The molecule has 3 nitrogen and oxygen atoms in total. The van der Waals surface area contributed by atoms with Crippen LogP contribution in [0.2, 0.25) is 0 Å². The summed E-state index contributed by atoms with van der Waals surface area (Å²) < 4.78 is 5.18. The number of methoxy groups -OCH3 is 1. The van der Waals surface area contributed by atoms with Gasteiger partial charge in [-0.1, -0.05) is 57.2 Å². The quantitative estimate of drug-likeness (QED) is 0.875. The number of hydrogen-bond acceptors (Lipinski definition) is 2. The van der Waals surface area contributed by atoms with Crippen LogP contribution in [0.25, 0.3) is 0 Å². The van der Waals surface area contributed by atoms with Crippen LogP contribution in [0.4, 0.5) is 0 Å². The molecular weight excluding hydrogens is 298 g/mol. The van der Waals surface area contributed by atoms with Crippen LogP contribution in [0.1, 0.15) is 37.5 Å². The molecule has 24 heavy (non-hydrogen) atoms. The summed E-state index contributed by atoms with van der Waals surface area (Å²) in [6, 6.07) is 16.3. The molecule has 1 amide bonds. The molecule has 128 valence electrons. The summed E-state index contributed by atoms with van der Waals surface area (Å²) in [5, 5.41) is 2.98. The van der Waals surface area contributed by atoms with Gasteiger partial charge in [-0.25, -0.2) is 0 Å². The molecule has 0 radical (unpaired) electrons.